The van der Waals surface area contributed by atoms with E-state index < -0.39 is 10.0 Å². The highest BCUT2D eigenvalue weighted by Crippen LogP contribution is 2.58. The van der Waals surface area contributed by atoms with Crippen LogP contribution in [0.4, 0.5) is 0 Å². The molecule has 0 radical (unpaired) electrons. The van der Waals surface area contributed by atoms with Crippen LogP contribution in [0, 0.1) is 6.92 Å². The van der Waals surface area contributed by atoms with Crippen LogP contribution in [-0.4, -0.2) is 12.4 Å². The standard InChI is InChI=1S/C25H17NO2S3/c1-16-10-12-17(13-11-16)31(27,28)26-14-22-23(15-26)30-25(29-22)24-20-8-4-2-6-18(20)19-7-3-5-9-21(19)24/h2-15H,1H3. The first-order valence-electron chi connectivity index (χ1n) is 9.86. The average Bonchev–Trinajstić information content (AvgIpc) is 3.44. The molecule has 31 heavy (non-hydrogen) atoms. The Kier molecular flexibility index (Phi) is 4.25. The summed E-state index contributed by atoms with van der Waals surface area (Å²) < 4.78 is 28.6. The molecule has 0 spiro atoms. The van der Waals surface area contributed by atoms with Gasteiger partial charge < -0.3 is 0 Å². The molecule has 0 amide bonds. The summed E-state index contributed by atoms with van der Waals surface area (Å²) in [7, 11) is -3.59. The van der Waals surface area contributed by atoms with Gasteiger partial charge in [0.1, 0.15) is 0 Å². The molecule has 2 aliphatic rings. The highest BCUT2D eigenvalue weighted by molar-refractivity contribution is 8.25. The second-order valence-corrected chi connectivity index (χ2v) is 11.8. The quantitative estimate of drug-likeness (QED) is 0.297. The number of benzene rings is 3. The molecule has 1 aliphatic heterocycles. The largest absolute Gasteiger partial charge is 0.267 e. The molecule has 0 N–H and O–H groups in total. The van der Waals surface area contributed by atoms with E-state index in [9.17, 15) is 8.42 Å². The van der Waals surface area contributed by atoms with Gasteiger partial charge in [-0.05, 0) is 41.3 Å². The summed E-state index contributed by atoms with van der Waals surface area (Å²) >= 11 is 3.31. The van der Waals surface area contributed by atoms with Gasteiger partial charge in [0.15, 0.2) is 0 Å². The maximum absolute atomic E-state index is 13.0. The molecule has 6 rings (SSSR count). The Morgan fingerprint density at radius 3 is 1.68 bits per heavy atom. The van der Waals surface area contributed by atoms with Crippen molar-refractivity contribution in [3.05, 3.63) is 106 Å². The summed E-state index contributed by atoms with van der Waals surface area (Å²) in [5.41, 5.74) is 7.27. The van der Waals surface area contributed by atoms with E-state index in [1.54, 1.807) is 48.1 Å². The molecule has 1 aromatic heterocycles. The number of thioether (sulfide) groups is 2. The van der Waals surface area contributed by atoms with Crippen molar-refractivity contribution in [3.8, 4) is 11.1 Å². The third-order valence-electron chi connectivity index (χ3n) is 5.62. The van der Waals surface area contributed by atoms with Gasteiger partial charge in [-0.3, -0.25) is 0 Å². The lowest BCUT2D eigenvalue weighted by atomic mass is 10.1. The summed E-state index contributed by atoms with van der Waals surface area (Å²) in [6.45, 7) is 1.95. The van der Waals surface area contributed by atoms with Gasteiger partial charge in [0.25, 0.3) is 10.0 Å². The second-order valence-electron chi connectivity index (χ2n) is 7.59. The molecule has 0 atom stereocenters. The van der Waals surface area contributed by atoms with Crippen molar-refractivity contribution in [2.24, 2.45) is 0 Å². The fraction of sp³-hybridized carbons (Fsp3) is 0.0400. The van der Waals surface area contributed by atoms with Crippen molar-refractivity contribution in [2.75, 3.05) is 0 Å². The Hall–Kier alpha value is -2.67. The average molecular weight is 460 g/mol. The zero-order chi connectivity index (χ0) is 21.2. The van der Waals surface area contributed by atoms with Crippen LogP contribution in [0.15, 0.2) is 104 Å². The predicted molar refractivity (Wildman–Crippen MR) is 128 cm³/mol. The molecule has 6 heteroatoms. The summed E-state index contributed by atoms with van der Waals surface area (Å²) in [6.07, 6.45) is 3.48. The van der Waals surface area contributed by atoms with Crippen LogP contribution in [0.2, 0.25) is 0 Å². The Balaban J connectivity index is 1.41. The van der Waals surface area contributed by atoms with E-state index in [4.69, 9.17) is 0 Å². The number of aryl methyl sites for hydroxylation is 1. The molecular formula is C25H17NO2S3. The minimum absolute atomic E-state index is 0.305. The molecule has 0 unspecified atom stereocenters. The van der Waals surface area contributed by atoms with E-state index in [-0.39, 0.29) is 0 Å². The molecule has 0 fully saturated rings. The van der Waals surface area contributed by atoms with Crippen molar-refractivity contribution >= 4 is 39.1 Å². The Morgan fingerprint density at radius 2 is 1.16 bits per heavy atom. The van der Waals surface area contributed by atoms with Gasteiger partial charge in [-0.2, -0.15) is 0 Å². The molecule has 0 saturated carbocycles. The first-order valence-corrected chi connectivity index (χ1v) is 12.9. The molecule has 0 bridgehead atoms. The van der Waals surface area contributed by atoms with Gasteiger partial charge in [-0.1, -0.05) is 89.8 Å². The number of hydrogen-bond donors (Lipinski definition) is 0. The SMILES string of the molecule is Cc1ccc(S(=O)(=O)n2cc3c(c2)SC(=C2c4ccccc4-c4ccccc42)S3)cc1. The number of aromatic nitrogens is 1. The Morgan fingerprint density at radius 1 is 0.677 bits per heavy atom. The highest BCUT2D eigenvalue weighted by atomic mass is 32.2. The summed E-state index contributed by atoms with van der Waals surface area (Å²) in [5.74, 6) is 0. The van der Waals surface area contributed by atoms with Gasteiger partial charge >= 0.3 is 0 Å². The van der Waals surface area contributed by atoms with Crippen LogP contribution in [0.3, 0.4) is 0 Å². The molecule has 3 nitrogen and oxygen atoms in total. The van der Waals surface area contributed by atoms with E-state index >= 15 is 0 Å². The van der Waals surface area contributed by atoms with E-state index in [2.05, 4.69) is 48.5 Å². The van der Waals surface area contributed by atoms with E-state index in [1.807, 2.05) is 19.1 Å². The zero-order valence-corrected chi connectivity index (χ0v) is 19.0. The minimum atomic E-state index is -3.59. The van der Waals surface area contributed by atoms with Crippen molar-refractivity contribution in [1.82, 2.24) is 3.97 Å². The molecule has 152 valence electrons. The maximum atomic E-state index is 13.0. The van der Waals surface area contributed by atoms with Crippen molar-refractivity contribution < 1.29 is 8.42 Å². The Bertz CT molecular complexity index is 1420. The van der Waals surface area contributed by atoms with Crippen LogP contribution >= 0.6 is 23.5 Å². The van der Waals surface area contributed by atoms with Crippen molar-refractivity contribution in [2.45, 2.75) is 21.6 Å². The monoisotopic (exact) mass is 459 g/mol. The second kappa shape index (κ2) is 6.92. The summed E-state index contributed by atoms with van der Waals surface area (Å²) in [4.78, 5) is 2.26. The van der Waals surface area contributed by atoms with Crippen molar-refractivity contribution in [3.63, 3.8) is 0 Å². The van der Waals surface area contributed by atoms with Crippen LogP contribution in [0.25, 0.3) is 16.7 Å². The number of hydrogen-bond acceptors (Lipinski definition) is 4. The molecule has 3 aromatic carbocycles. The van der Waals surface area contributed by atoms with Gasteiger partial charge in [0.2, 0.25) is 0 Å². The number of fused-ring (bicyclic) bond motifs is 4. The topological polar surface area (TPSA) is 39.1 Å². The van der Waals surface area contributed by atoms with Gasteiger partial charge in [0, 0.05) is 27.8 Å². The van der Waals surface area contributed by atoms with Gasteiger partial charge in [-0.15, -0.1) is 0 Å². The van der Waals surface area contributed by atoms with E-state index in [0.29, 0.717) is 4.90 Å². The fourth-order valence-corrected chi connectivity index (χ4v) is 8.06. The molecule has 2 heterocycles. The third kappa shape index (κ3) is 2.93. The molecular weight excluding hydrogens is 442 g/mol. The number of rotatable bonds is 2. The smallest absolute Gasteiger partial charge is 0.247 e. The van der Waals surface area contributed by atoms with Crippen LogP contribution < -0.4 is 0 Å². The number of nitrogens with zero attached hydrogens (tertiary/aromatic N) is 1. The van der Waals surface area contributed by atoms with Crippen LogP contribution in [0.5, 0.6) is 0 Å². The maximum Gasteiger partial charge on any atom is 0.267 e. The predicted octanol–water partition coefficient (Wildman–Crippen LogP) is 6.63. The molecule has 4 aromatic rings. The first kappa shape index (κ1) is 19.0. The van der Waals surface area contributed by atoms with Gasteiger partial charge in [0.05, 0.1) is 9.13 Å². The molecule has 1 aliphatic carbocycles. The van der Waals surface area contributed by atoms with Crippen LogP contribution in [0.1, 0.15) is 16.7 Å². The lowest BCUT2D eigenvalue weighted by Crippen LogP contribution is -2.10. The highest BCUT2D eigenvalue weighted by Gasteiger charge is 2.31. The lowest BCUT2D eigenvalue weighted by Gasteiger charge is -2.08. The third-order valence-corrected chi connectivity index (χ3v) is 9.75. The van der Waals surface area contributed by atoms with E-state index in [0.717, 1.165) is 15.4 Å². The summed E-state index contributed by atoms with van der Waals surface area (Å²) in [5, 5.41) is 0. The summed E-state index contributed by atoms with van der Waals surface area (Å²) in [6, 6.07) is 23.9. The van der Waals surface area contributed by atoms with Gasteiger partial charge in [-0.25, -0.2) is 12.4 Å². The first-order chi connectivity index (χ1) is 15.0. The normalized spacial score (nSPS) is 14.5. The van der Waals surface area contributed by atoms with Crippen LogP contribution in [-0.2, 0) is 10.0 Å². The minimum Gasteiger partial charge on any atom is -0.247 e. The lowest BCUT2D eigenvalue weighted by molar-refractivity contribution is 0.587. The Labute approximate surface area is 189 Å². The zero-order valence-electron chi connectivity index (χ0n) is 16.6. The fourth-order valence-electron chi connectivity index (χ4n) is 4.08. The van der Waals surface area contributed by atoms with Crippen molar-refractivity contribution in [1.29, 1.82) is 0 Å². The molecule has 0 saturated heterocycles. The van der Waals surface area contributed by atoms with E-state index in [1.165, 1.54) is 36.0 Å².